The third kappa shape index (κ3) is 3.93. The standard InChI is InChI=1S/C20H19N3O3S2/c1-26-16-10-13(6-7-15(16)23-8-2-5-19(23)25)21-18(24)11-14-12-28-20(22-14)17-4-3-9-27-17/h3-4,6-7,9-10,12H,2,5,8,11H2,1H3,(H,21,24). The number of benzene rings is 1. The van der Waals surface area contributed by atoms with Crippen molar-refractivity contribution in [3.05, 3.63) is 46.8 Å². The highest BCUT2D eigenvalue weighted by Gasteiger charge is 2.24. The van der Waals surface area contributed by atoms with Gasteiger partial charge in [-0.25, -0.2) is 4.98 Å². The van der Waals surface area contributed by atoms with Crippen LogP contribution in [0.15, 0.2) is 41.1 Å². The van der Waals surface area contributed by atoms with Crippen LogP contribution in [0.3, 0.4) is 0 Å². The number of rotatable bonds is 6. The zero-order chi connectivity index (χ0) is 19.5. The molecule has 1 aromatic carbocycles. The molecular formula is C20H19N3O3S2. The van der Waals surface area contributed by atoms with E-state index in [4.69, 9.17) is 4.74 Å². The highest BCUT2D eigenvalue weighted by molar-refractivity contribution is 7.20. The molecule has 0 saturated carbocycles. The van der Waals surface area contributed by atoms with Crippen molar-refractivity contribution in [2.75, 3.05) is 23.9 Å². The third-order valence-electron chi connectivity index (χ3n) is 4.45. The van der Waals surface area contributed by atoms with Crippen LogP contribution < -0.4 is 15.0 Å². The quantitative estimate of drug-likeness (QED) is 0.658. The Bertz CT molecular complexity index is 998. The van der Waals surface area contributed by atoms with Gasteiger partial charge in [0, 0.05) is 30.1 Å². The van der Waals surface area contributed by atoms with E-state index in [9.17, 15) is 9.59 Å². The van der Waals surface area contributed by atoms with Gasteiger partial charge in [-0.15, -0.1) is 22.7 Å². The van der Waals surface area contributed by atoms with Crippen LogP contribution in [0.1, 0.15) is 18.5 Å². The van der Waals surface area contributed by atoms with E-state index in [0.29, 0.717) is 24.4 Å². The molecule has 4 rings (SSSR count). The van der Waals surface area contributed by atoms with Crippen LogP contribution in [-0.4, -0.2) is 30.5 Å². The minimum absolute atomic E-state index is 0.0974. The summed E-state index contributed by atoms with van der Waals surface area (Å²) < 4.78 is 5.44. The Labute approximate surface area is 170 Å². The van der Waals surface area contributed by atoms with E-state index in [0.717, 1.165) is 27.7 Å². The number of aromatic nitrogens is 1. The molecule has 1 N–H and O–H groups in total. The molecule has 1 aliphatic heterocycles. The Balaban J connectivity index is 1.43. The highest BCUT2D eigenvalue weighted by atomic mass is 32.1. The molecule has 0 spiro atoms. The summed E-state index contributed by atoms with van der Waals surface area (Å²) in [6.07, 6.45) is 1.61. The van der Waals surface area contributed by atoms with Gasteiger partial charge in [-0.3, -0.25) is 9.59 Å². The lowest BCUT2D eigenvalue weighted by atomic mass is 10.2. The molecule has 2 amide bonds. The number of hydrogen-bond donors (Lipinski definition) is 1. The van der Waals surface area contributed by atoms with Gasteiger partial charge in [0.1, 0.15) is 10.8 Å². The molecule has 144 valence electrons. The largest absolute Gasteiger partial charge is 0.494 e. The number of anilines is 2. The van der Waals surface area contributed by atoms with E-state index in [1.807, 2.05) is 29.0 Å². The van der Waals surface area contributed by atoms with Crippen molar-refractivity contribution >= 4 is 45.9 Å². The van der Waals surface area contributed by atoms with Crippen LogP contribution in [0.5, 0.6) is 5.75 Å². The van der Waals surface area contributed by atoms with Crippen molar-refractivity contribution in [2.24, 2.45) is 0 Å². The molecule has 0 atom stereocenters. The van der Waals surface area contributed by atoms with Gasteiger partial charge in [0.15, 0.2) is 0 Å². The topological polar surface area (TPSA) is 71.5 Å². The highest BCUT2D eigenvalue weighted by Crippen LogP contribution is 2.34. The van der Waals surface area contributed by atoms with Gasteiger partial charge in [-0.05, 0) is 30.0 Å². The molecular weight excluding hydrogens is 394 g/mol. The Morgan fingerprint density at radius 1 is 1.32 bits per heavy atom. The van der Waals surface area contributed by atoms with Gasteiger partial charge in [0.2, 0.25) is 11.8 Å². The lowest BCUT2D eigenvalue weighted by molar-refractivity contribution is -0.117. The maximum absolute atomic E-state index is 12.4. The zero-order valence-corrected chi connectivity index (χ0v) is 16.9. The van der Waals surface area contributed by atoms with Crippen LogP contribution in [0.2, 0.25) is 0 Å². The number of methoxy groups -OCH3 is 1. The molecule has 6 nitrogen and oxygen atoms in total. The van der Waals surface area contributed by atoms with Crippen molar-refractivity contribution in [1.29, 1.82) is 0 Å². The molecule has 0 radical (unpaired) electrons. The predicted octanol–water partition coefficient (Wildman–Crippen LogP) is 4.19. The molecule has 0 bridgehead atoms. The number of thiazole rings is 1. The average molecular weight is 414 g/mol. The Kier molecular flexibility index (Phi) is 5.40. The van der Waals surface area contributed by atoms with Crippen LogP contribution in [-0.2, 0) is 16.0 Å². The monoisotopic (exact) mass is 413 g/mol. The summed E-state index contributed by atoms with van der Waals surface area (Å²) in [4.78, 5) is 31.8. The van der Waals surface area contributed by atoms with Crippen LogP contribution in [0, 0.1) is 0 Å². The van der Waals surface area contributed by atoms with Gasteiger partial charge in [-0.1, -0.05) is 6.07 Å². The summed E-state index contributed by atoms with van der Waals surface area (Å²) in [5.74, 6) is 0.525. The van der Waals surface area contributed by atoms with Crippen molar-refractivity contribution < 1.29 is 14.3 Å². The van der Waals surface area contributed by atoms with Gasteiger partial charge in [-0.2, -0.15) is 0 Å². The number of carbonyl (C=O) groups is 2. The van der Waals surface area contributed by atoms with Crippen molar-refractivity contribution in [1.82, 2.24) is 4.98 Å². The first-order valence-electron chi connectivity index (χ1n) is 8.90. The first kappa shape index (κ1) is 18.6. The molecule has 1 fully saturated rings. The van der Waals surface area contributed by atoms with E-state index >= 15 is 0 Å². The number of ether oxygens (including phenoxy) is 1. The van der Waals surface area contributed by atoms with E-state index < -0.39 is 0 Å². The molecule has 8 heteroatoms. The number of nitrogens with zero attached hydrogens (tertiary/aromatic N) is 2. The van der Waals surface area contributed by atoms with E-state index in [-0.39, 0.29) is 18.2 Å². The summed E-state index contributed by atoms with van der Waals surface area (Å²) >= 11 is 3.17. The predicted molar refractivity (Wildman–Crippen MR) is 112 cm³/mol. The second-order valence-electron chi connectivity index (χ2n) is 6.38. The van der Waals surface area contributed by atoms with Crippen LogP contribution in [0.4, 0.5) is 11.4 Å². The molecule has 3 heterocycles. The number of amides is 2. The number of hydrogen-bond acceptors (Lipinski definition) is 6. The van der Waals surface area contributed by atoms with Gasteiger partial charge < -0.3 is 15.0 Å². The second-order valence-corrected chi connectivity index (χ2v) is 8.19. The molecule has 3 aromatic rings. The Morgan fingerprint density at radius 2 is 2.21 bits per heavy atom. The molecule has 0 unspecified atom stereocenters. The second kappa shape index (κ2) is 8.12. The fourth-order valence-corrected chi connectivity index (χ4v) is 4.79. The third-order valence-corrected chi connectivity index (χ3v) is 6.38. The number of nitrogens with one attached hydrogen (secondary N) is 1. The lowest BCUT2D eigenvalue weighted by Gasteiger charge is -2.19. The number of thiophene rings is 1. The molecule has 28 heavy (non-hydrogen) atoms. The van der Waals surface area contributed by atoms with Crippen molar-refractivity contribution in [2.45, 2.75) is 19.3 Å². The van der Waals surface area contributed by atoms with Gasteiger partial charge in [0.05, 0.1) is 29.8 Å². The van der Waals surface area contributed by atoms with Crippen LogP contribution in [0.25, 0.3) is 9.88 Å². The van der Waals surface area contributed by atoms with Crippen LogP contribution >= 0.6 is 22.7 Å². The Morgan fingerprint density at radius 3 is 2.93 bits per heavy atom. The fraction of sp³-hybridized carbons (Fsp3) is 0.250. The van der Waals surface area contributed by atoms with Crippen molar-refractivity contribution in [3.8, 4) is 15.6 Å². The first-order valence-corrected chi connectivity index (χ1v) is 10.7. The SMILES string of the molecule is COc1cc(NC(=O)Cc2csc(-c3cccs3)n2)ccc1N1CCCC1=O. The van der Waals surface area contributed by atoms with E-state index in [1.54, 1.807) is 35.5 Å². The normalized spacial score (nSPS) is 13.8. The molecule has 2 aromatic heterocycles. The molecule has 1 aliphatic rings. The maximum atomic E-state index is 12.4. The summed E-state index contributed by atoms with van der Waals surface area (Å²) in [6.45, 7) is 0.692. The summed E-state index contributed by atoms with van der Waals surface area (Å²) in [7, 11) is 1.56. The minimum atomic E-state index is -0.143. The summed E-state index contributed by atoms with van der Waals surface area (Å²) in [5.41, 5.74) is 2.12. The molecule has 1 saturated heterocycles. The van der Waals surface area contributed by atoms with E-state index in [1.165, 1.54) is 11.3 Å². The van der Waals surface area contributed by atoms with Gasteiger partial charge >= 0.3 is 0 Å². The number of carbonyl (C=O) groups excluding carboxylic acids is 2. The summed E-state index contributed by atoms with van der Waals surface area (Å²) in [6, 6.07) is 9.36. The minimum Gasteiger partial charge on any atom is -0.494 e. The van der Waals surface area contributed by atoms with Crippen molar-refractivity contribution in [3.63, 3.8) is 0 Å². The molecule has 0 aliphatic carbocycles. The average Bonchev–Trinajstić information content (AvgIpc) is 3.43. The smallest absolute Gasteiger partial charge is 0.230 e. The fourth-order valence-electron chi connectivity index (χ4n) is 3.15. The lowest BCUT2D eigenvalue weighted by Crippen LogP contribution is -2.24. The maximum Gasteiger partial charge on any atom is 0.230 e. The van der Waals surface area contributed by atoms with Gasteiger partial charge in [0.25, 0.3) is 0 Å². The Hall–Kier alpha value is -2.71. The first-order chi connectivity index (χ1) is 13.6. The summed E-state index contributed by atoms with van der Waals surface area (Å²) in [5, 5.41) is 7.74. The van der Waals surface area contributed by atoms with E-state index in [2.05, 4.69) is 10.3 Å². The zero-order valence-electron chi connectivity index (χ0n) is 15.3.